The minimum absolute atomic E-state index is 0.0573. The summed E-state index contributed by atoms with van der Waals surface area (Å²) in [5.41, 5.74) is 1.93. The van der Waals surface area contributed by atoms with Crippen LogP contribution in [0.5, 0.6) is 11.5 Å². The SMILES string of the molecule is CCN(Cc1ccccc1)C(=O)Cc1cc(OC2CCCCO2)ccc1OC1CCCCO1. The lowest BCUT2D eigenvalue weighted by atomic mass is 10.1. The molecule has 2 atom stereocenters. The van der Waals surface area contributed by atoms with Crippen molar-refractivity contribution < 1.29 is 23.7 Å². The Morgan fingerprint density at radius 2 is 1.64 bits per heavy atom. The summed E-state index contributed by atoms with van der Waals surface area (Å²) in [6, 6.07) is 15.8. The highest BCUT2D eigenvalue weighted by molar-refractivity contribution is 5.79. The van der Waals surface area contributed by atoms with Crippen LogP contribution in [0.25, 0.3) is 0 Å². The fourth-order valence-corrected chi connectivity index (χ4v) is 4.24. The highest BCUT2D eigenvalue weighted by atomic mass is 16.7. The van der Waals surface area contributed by atoms with Gasteiger partial charge in [0.05, 0.1) is 19.6 Å². The lowest BCUT2D eigenvalue weighted by Crippen LogP contribution is -2.32. The Morgan fingerprint density at radius 1 is 0.939 bits per heavy atom. The minimum atomic E-state index is -0.271. The summed E-state index contributed by atoms with van der Waals surface area (Å²) in [6.45, 7) is 4.67. The maximum absolute atomic E-state index is 13.3. The van der Waals surface area contributed by atoms with Crippen LogP contribution in [0, 0.1) is 0 Å². The molecule has 2 aromatic rings. The molecule has 2 aliphatic rings. The van der Waals surface area contributed by atoms with Gasteiger partial charge in [-0.05, 0) is 56.4 Å². The van der Waals surface area contributed by atoms with Gasteiger partial charge in [0, 0.05) is 31.5 Å². The van der Waals surface area contributed by atoms with E-state index in [2.05, 4.69) is 0 Å². The molecule has 0 spiro atoms. The van der Waals surface area contributed by atoms with Crippen molar-refractivity contribution in [2.45, 2.75) is 71.0 Å². The van der Waals surface area contributed by atoms with Crippen LogP contribution in [0.3, 0.4) is 0 Å². The molecular formula is C27H35NO5. The molecule has 2 saturated heterocycles. The first-order chi connectivity index (χ1) is 16.2. The molecule has 0 aromatic heterocycles. The highest BCUT2D eigenvalue weighted by Gasteiger charge is 2.22. The van der Waals surface area contributed by atoms with Gasteiger partial charge in [0.25, 0.3) is 0 Å². The number of benzene rings is 2. The molecule has 2 unspecified atom stereocenters. The smallest absolute Gasteiger partial charge is 0.227 e. The van der Waals surface area contributed by atoms with E-state index >= 15 is 0 Å². The first-order valence-electron chi connectivity index (χ1n) is 12.2. The molecule has 2 aliphatic heterocycles. The van der Waals surface area contributed by atoms with Crippen LogP contribution in [0.1, 0.15) is 56.6 Å². The van der Waals surface area contributed by atoms with Crippen molar-refractivity contribution >= 4 is 5.91 Å². The van der Waals surface area contributed by atoms with Gasteiger partial charge in [-0.2, -0.15) is 0 Å². The molecule has 0 bridgehead atoms. The topological polar surface area (TPSA) is 57.2 Å². The number of nitrogens with zero attached hydrogens (tertiary/aromatic N) is 1. The van der Waals surface area contributed by atoms with Crippen LogP contribution >= 0.6 is 0 Å². The molecular weight excluding hydrogens is 418 g/mol. The van der Waals surface area contributed by atoms with E-state index in [9.17, 15) is 4.79 Å². The molecule has 0 aliphatic carbocycles. The molecule has 0 radical (unpaired) electrons. The number of hydrogen-bond donors (Lipinski definition) is 0. The Hall–Kier alpha value is -2.57. The van der Waals surface area contributed by atoms with Gasteiger partial charge in [-0.25, -0.2) is 0 Å². The molecule has 0 saturated carbocycles. The van der Waals surface area contributed by atoms with Gasteiger partial charge in [0.2, 0.25) is 5.91 Å². The van der Waals surface area contributed by atoms with Crippen molar-refractivity contribution in [3.05, 3.63) is 59.7 Å². The van der Waals surface area contributed by atoms with Gasteiger partial charge in [0.1, 0.15) is 11.5 Å². The zero-order valence-electron chi connectivity index (χ0n) is 19.5. The van der Waals surface area contributed by atoms with Gasteiger partial charge in [-0.3, -0.25) is 4.79 Å². The second kappa shape index (κ2) is 12.1. The Kier molecular flexibility index (Phi) is 8.61. The maximum atomic E-state index is 13.3. The predicted molar refractivity (Wildman–Crippen MR) is 126 cm³/mol. The van der Waals surface area contributed by atoms with Gasteiger partial charge in [-0.1, -0.05) is 30.3 Å². The van der Waals surface area contributed by atoms with Gasteiger partial charge < -0.3 is 23.8 Å². The van der Waals surface area contributed by atoms with Gasteiger partial charge >= 0.3 is 0 Å². The number of rotatable bonds is 9. The van der Waals surface area contributed by atoms with E-state index < -0.39 is 0 Å². The lowest BCUT2D eigenvalue weighted by molar-refractivity contribution is -0.131. The highest BCUT2D eigenvalue weighted by Crippen LogP contribution is 2.30. The first-order valence-corrected chi connectivity index (χ1v) is 12.2. The third-order valence-electron chi connectivity index (χ3n) is 6.13. The average Bonchev–Trinajstić information content (AvgIpc) is 2.86. The largest absolute Gasteiger partial charge is 0.465 e. The molecule has 6 nitrogen and oxygen atoms in total. The molecule has 4 rings (SSSR count). The van der Waals surface area contributed by atoms with E-state index in [4.69, 9.17) is 18.9 Å². The second-order valence-corrected chi connectivity index (χ2v) is 8.67. The predicted octanol–water partition coefficient (Wildman–Crippen LogP) is 5.09. The summed E-state index contributed by atoms with van der Waals surface area (Å²) in [6.07, 6.45) is 5.78. The Balaban J connectivity index is 1.49. The fraction of sp³-hybridized carbons (Fsp3) is 0.519. The molecule has 2 fully saturated rings. The van der Waals surface area contributed by atoms with Crippen molar-refractivity contribution in [1.29, 1.82) is 0 Å². The zero-order valence-corrected chi connectivity index (χ0v) is 19.5. The van der Waals surface area contributed by atoms with Crippen molar-refractivity contribution in [3.8, 4) is 11.5 Å². The van der Waals surface area contributed by atoms with E-state index in [0.29, 0.717) is 31.2 Å². The number of ether oxygens (including phenoxy) is 4. The molecule has 178 valence electrons. The number of carbonyl (C=O) groups is 1. The standard InChI is InChI=1S/C27H35NO5/c1-2-28(20-21-10-4-3-5-11-21)25(29)19-22-18-23(32-26-12-6-8-16-30-26)14-15-24(22)33-27-13-7-9-17-31-27/h3-5,10-11,14-15,18,26-27H,2,6-9,12-13,16-17,19-20H2,1H3. The second-order valence-electron chi connectivity index (χ2n) is 8.67. The molecule has 6 heteroatoms. The van der Waals surface area contributed by atoms with Crippen LogP contribution in [-0.2, 0) is 27.2 Å². The Bertz CT molecular complexity index is 875. The minimum Gasteiger partial charge on any atom is -0.465 e. The maximum Gasteiger partial charge on any atom is 0.227 e. The van der Waals surface area contributed by atoms with E-state index in [1.54, 1.807) is 0 Å². The summed E-state index contributed by atoms with van der Waals surface area (Å²) in [4.78, 5) is 15.1. The van der Waals surface area contributed by atoms with E-state index in [0.717, 1.165) is 56.3 Å². The number of hydrogen-bond acceptors (Lipinski definition) is 5. The Labute approximate surface area is 196 Å². The van der Waals surface area contributed by atoms with Crippen LogP contribution in [0.4, 0.5) is 0 Å². The van der Waals surface area contributed by atoms with Gasteiger partial charge in [0.15, 0.2) is 12.6 Å². The molecule has 0 N–H and O–H groups in total. The molecule has 2 aromatic carbocycles. The molecule has 1 amide bonds. The third kappa shape index (κ3) is 6.95. The summed E-state index contributed by atoms with van der Waals surface area (Å²) in [5.74, 6) is 1.44. The summed E-state index contributed by atoms with van der Waals surface area (Å²) >= 11 is 0. The van der Waals surface area contributed by atoms with Crippen molar-refractivity contribution in [1.82, 2.24) is 4.90 Å². The fourth-order valence-electron chi connectivity index (χ4n) is 4.24. The van der Waals surface area contributed by atoms with Crippen molar-refractivity contribution in [2.24, 2.45) is 0 Å². The number of likely N-dealkylation sites (N-methyl/N-ethyl adjacent to an activating group) is 1. The lowest BCUT2D eigenvalue weighted by Gasteiger charge is -2.27. The van der Waals surface area contributed by atoms with E-state index in [-0.39, 0.29) is 24.9 Å². The van der Waals surface area contributed by atoms with Crippen LogP contribution in [0.2, 0.25) is 0 Å². The van der Waals surface area contributed by atoms with E-state index in [1.165, 1.54) is 0 Å². The zero-order chi connectivity index (χ0) is 22.9. The van der Waals surface area contributed by atoms with Crippen LogP contribution in [-0.4, -0.2) is 43.1 Å². The van der Waals surface area contributed by atoms with Crippen molar-refractivity contribution in [2.75, 3.05) is 19.8 Å². The third-order valence-corrected chi connectivity index (χ3v) is 6.13. The summed E-state index contributed by atoms with van der Waals surface area (Å²) in [7, 11) is 0. The first kappa shape index (κ1) is 23.6. The van der Waals surface area contributed by atoms with Crippen LogP contribution < -0.4 is 9.47 Å². The van der Waals surface area contributed by atoms with E-state index in [1.807, 2.05) is 60.4 Å². The molecule has 33 heavy (non-hydrogen) atoms. The van der Waals surface area contributed by atoms with Crippen LogP contribution in [0.15, 0.2) is 48.5 Å². The number of amides is 1. The number of carbonyl (C=O) groups excluding carboxylic acids is 1. The molecule has 2 heterocycles. The quantitative estimate of drug-likeness (QED) is 0.529. The van der Waals surface area contributed by atoms with Gasteiger partial charge in [-0.15, -0.1) is 0 Å². The normalized spacial score (nSPS) is 20.8. The van der Waals surface area contributed by atoms with Crippen molar-refractivity contribution in [3.63, 3.8) is 0 Å². The summed E-state index contributed by atoms with van der Waals surface area (Å²) < 4.78 is 23.8. The summed E-state index contributed by atoms with van der Waals surface area (Å²) in [5, 5.41) is 0. The average molecular weight is 454 g/mol. The Morgan fingerprint density at radius 3 is 2.27 bits per heavy atom. The monoisotopic (exact) mass is 453 g/mol.